The summed E-state index contributed by atoms with van der Waals surface area (Å²) in [7, 11) is 2.52. The topological polar surface area (TPSA) is 91.6 Å². The molecule has 1 N–H and O–H groups in total. The van der Waals surface area contributed by atoms with E-state index in [0.717, 1.165) is 21.3 Å². The second-order valence-electron chi connectivity index (χ2n) is 10.8. The number of nitrogens with zero attached hydrogens (tertiary/aromatic N) is 2. The maximum atomic E-state index is 15.6. The standard InChI is InChI=1S/C34H34F5N3O5/c1-21-30(23-13-9-16-28(46-2)31(23)36)32(44)42(33(45)41(21)19-24-25(34(37,38)39)14-10-15-26(24)35)20-27(22-11-5-4-6-12-22)40-18-8-7-17-29(43)47-3/h4-6,9-16,27,40H,7-8,17-20H2,1-3H3/t27-/m0/s1. The summed E-state index contributed by atoms with van der Waals surface area (Å²) in [5, 5.41) is 3.28. The molecule has 4 rings (SSSR count). The molecule has 0 fully saturated rings. The summed E-state index contributed by atoms with van der Waals surface area (Å²) in [5.74, 6) is -2.68. The largest absolute Gasteiger partial charge is 0.494 e. The molecular weight excluding hydrogens is 625 g/mol. The van der Waals surface area contributed by atoms with Gasteiger partial charge in [0.25, 0.3) is 5.56 Å². The third-order valence-electron chi connectivity index (χ3n) is 7.87. The Kier molecular flexibility index (Phi) is 11.3. The van der Waals surface area contributed by atoms with E-state index in [9.17, 15) is 27.6 Å². The van der Waals surface area contributed by atoms with Crippen LogP contribution >= 0.6 is 0 Å². The molecule has 0 aliphatic heterocycles. The van der Waals surface area contributed by atoms with Crippen LogP contribution in [0.1, 0.15) is 47.7 Å². The van der Waals surface area contributed by atoms with Crippen LogP contribution in [0.25, 0.3) is 11.1 Å². The molecule has 1 heterocycles. The van der Waals surface area contributed by atoms with Crippen LogP contribution in [0.15, 0.2) is 76.3 Å². The minimum atomic E-state index is -4.94. The SMILES string of the molecule is COC(=O)CCCCN[C@@H](Cn1c(=O)c(-c2cccc(OC)c2F)c(C)n(Cc2c(F)cccc2C(F)(F)F)c1=O)c1ccccc1. The highest BCUT2D eigenvalue weighted by atomic mass is 19.4. The average Bonchev–Trinajstić information content (AvgIpc) is 3.05. The van der Waals surface area contributed by atoms with Crippen LogP contribution in [0.2, 0.25) is 0 Å². The van der Waals surface area contributed by atoms with Gasteiger partial charge in [-0.2, -0.15) is 13.2 Å². The smallest absolute Gasteiger partial charge is 0.416 e. The number of ether oxygens (including phenoxy) is 2. The highest BCUT2D eigenvalue weighted by molar-refractivity contribution is 5.69. The molecule has 0 aliphatic rings. The molecule has 13 heteroatoms. The number of methoxy groups -OCH3 is 2. The number of carbonyl (C=O) groups excluding carboxylic acids is 1. The van der Waals surface area contributed by atoms with Gasteiger partial charge in [0.05, 0.1) is 44.5 Å². The van der Waals surface area contributed by atoms with E-state index in [1.807, 2.05) is 0 Å². The van der Waals surface area contributed by atoms with Crippen molar-refractivity contribution in [2.24, 2.45) is 0 Å². The van der Waals surface area contributed by atoms with Gasteiger partial charge in [0, 0.05) is 23.2 Å². The van der Waals surface area contributed by atoms with Gasteiger partial charge in [0.2, 0.25) is 0 Å². The monoisotopic (exact) mass is 659 g/mol. The van der Waals surface area contributed by atoms with Crippen molar-refractivity contribution in [3.8, 4) is 16.9 Å². The molecule has 4 aromatic rings. The minimum absolute atomic E-state index is 0.160. The van der Waals surface area contributed by atoms with Crippen LogP contribution in [-0.4, -0.2) is 35.9 Å². The van der Waals surface area contributed by atoms with E-state index in [0.29, 0.717) is 31.0 Å². The quantitative estimate of drug-likeness (QED) is 0.107. The van der Waals surface area contributed by atoms with Crippen LogP contribution in [0.5, 0.6) is 5.75 Å². The molecular formula is C34H34F5N3O5. The van der Waals surface area contributed by atoms with Crippen molar-refractivity contribution >= 4 is 5.97 Å². The number of hydrogen-bond acceptors (Lipinski definition) is 6. The third kappa shape index (κ3) is 7.97. The summed E-state index contributed by atoms with van der Waals surface area (Å²) in [6, 6.07) is 14.7. The van der Waals surface area contributed by atoms with Gasteiger partial charge in [-0.25, -0.2) is 13.6 Å². The van der Waals surface area contributed by atoms with Crippen molar-refractivity contribution in [3.05, 3.63) is 122 Å². The zero-order valence-corrected chi connectivity index (χ0v) is 26.0. The Morgan fingerprint density at radius 1 is 0.915 bits per heavy atom. The molecule has 8 nitrogen and oxygen atoms in total. The predicted molar refractivity (Wildman–Crippen MR) is 165 cm³/mol. The summed E-state index contributed by atoms with van der Waals surface area (Å²) in [5.41, 5.74) is -4.02. The molecule has 0 saturated heterocycles. The molecule has 0 spiro atoms. The summed E-state index contributed by atoms with van der Waals surface area (Å²) in [6.07, 6.45) is -3.70. The number of carbonyl (C=O) groups is 1. The van der Waals surface area contributed by atoms with E-state index < -0.39 is 52.8 Å². The number of unbranched alkanes of at least 4 members (excludes halogenated alkanes) is 1. The number of hydrogen-bond donors (Lipinski definition) is 1. The highest BCUT2D eigenvalue weighted by Gasteiger charge is 2.35. The number of nitrogens with one attached hydrogen (secondary N) is 1. The average molecular weight is 660 g/mol. The lowest BCUT2D eigenvalue weighted by Crippen LogP contribution is -2.45. The molecule has 250 valence electrons. The van der Waals surface area contributed by atoms with Gasteiger partial charge >= 0.3 is 17.8 Å². The zero-order valence-electron chi connectivity index (χ0n) is 26.0. The number of halogens is 5. The lowest BCUT2D eigenvalue weighted by molar-refractivity contribution is -0.141. The van der Waals surface area contributed by atoms with Crippen molar-refractivity contribution in [2.75, 3.05) is 20.8 Å². The van der Waals surface area contributed by atoms with Crippen molar-refractivity contribution in [3.63, 3.8) is 0 Å². The van der Waals surface area contributed by atoms with E-state index in [1.54, 1.807) is 30.3 Å². The Morgan fingerprint density at radius 3 is 2.28 bits per heavy atom. The molecule has 47 heavy (non-hydrogen) atoms. The van der Waals surface area contributed by atoms with E-state index in [-0.39, 0.29) is 41.5 Å². The second-order valence-corrected chi connectivity index (χ2v) is 10.8. The van der Waals surface area contributed by atoms with E-state index in [4.69, 9.17) is 4.74 Å². The molecule has 0 bridgehead atoms. The fourth-order valence-electron chi connectivity index (χ4n) is 5.39. The maximum Gasteiger partial charge on any atom is 0.416 e. The minimum Gasteiger partial charge on any atom is -0.494 e. The Bertz CT molecular complexity index is 1840. The Hall–Kier alpha value is -4.78. The normalized spacial score (nSPS) is 12.2. The summed E-state index contributed by atoms with van der Waals surface area (Å²) >= 11 is 0. The molecule has 0 aliphatic carbocycles. The molecule has 1 aromatic heterocycles. The van der Waals surface area contributed by atoms with Gasteiger partial charge < -0.3 is 14.8 Å². The number of alkyl halides is 3. The first kappa shape index (κ1) is 35.1. The first-order valence-electron chi connectivity index (χ1n) is 14.8. The second kappa shape index (κ2) is 15.2. The summed E-state index contributed by atoms with van der Waals surface area (Å²) in [4.78, 5) is 39.7. The van der Waals surface area contributed by atoms with Gasteiger partial charge in [-0.15, -0.1) is 0 Å². The Balaban J connectivity index is 1.89. The number of aromatic nitrogens is 2. The van der Waals surface area contributed by atoms with Crippen LogP contribution < -0.4 is 21.3 Å². The van der Waals surface area contributed by atoms with Crippen molar-refractivity contribution in [1.82, 2.24) is 14.5 Å². The number of esters is 1. The third-order valence-corrected chi connectivity index (χ3v) is 7.87. The van der Waals surface area contributed by atoms with E-state index in [2.05, 4.69) is 10.1 Å². The van der Waals surface area contributed by atoms with Crippen LogP contribution in [-0.2, 0) is 28.8 Å². The highest BCUT2D eigenvalue weighted by Crippen LogP contribution is 2.34. The van der Waals surface area contributed by atoms with Crippen molar-refractivity contribution in [1.29, 1.82) is 0 Å². The lowest BCUT2D eigenvalue weighted by atomic mass is 10.0. The van der Waals surface area contributed by atoms with Crippen LogP contribution in [0.3, 0.4) is 0 Å². The zero-order chi connectivity index (χ0) is 34.3. The first-order chi connectivity index (χ1) is 22.4. The van der Waals surface area contributed by atoms with Gasteiger partial charge in [-0.1, -0.05) is 48.5 Å². The van der Waals surface area contributed by atoms with Crippen LogP contribution in [0, 0.1) is 18.6 Å². The maximum absolute atomic E-state index is 15.6. The van der Waals surface area contributed by atoms with E-state index >= 15 is 8.78 Å². The molecule has 0 saturated carbocycles. The summed E-state index contributed by atoms with van der Waals surface area (Å²) < 4.78 is 83.9. The lowest BCUT2D eigenvalue weighted by Gasteiger charge is -2.24. The van der Waals surface area contributed by atoms with Gasteiger partial charge in [-0.3, -0.25) is 18.7 Å². The fourth-order valence-corrected chi connectivity index (χ4v) is 5.39. The number of rotatable bonds is 13. The van der Waals surface area contributed by atoms with Gasteiger partial charge in [0.1, 0.15) is 5.82 Å². The van der Waals surface area contributed by atoms with Crippen molar-refractivity contribution in [2.45, 2.75) is 51.5 Å². The van der Waals surface area contributed by atoms with Gasteiger partial charge in [0.15, 0.2) is 11.6 Å². The Morgan fingerprint density at radius 2 is 1.62 bits per heavy atom. The van der Waals surface area contributed by atoms with Crippen LogP contribution in [0.4, 0.5) is 22.0 Å². The molecule has 3 aromatic carbocycles. The molecule has 1 atom stereocenters. The van der Waals surface area contributed by atoms with E-state index in [1.165, 1.54) is 39.3 Å². The fraction of sp³-hybridized carbons (Fsp3) is 0.324. The molecule has 0 amide bonds. The first-order valence-corrected chi connectivity index (χ1v) is 14.8. The van der Waals surface area contributed by atoms with Crippen molar-refractivity contribution < 1.29 is 36.2 Å². The molecule has 0 unspecified atom stereocenters. The van der Waals surface area contributed by atoms with Gasteiger partial charge in [-0.05, 0) is 50.1 Å². The molecule has 0 radical (unpaired) electrons. The Labute approximate surface area is 267 Å². The predicted octanol–water partition coefficient (Wildman–Crippen LogP) is 6.01. The number of benzene rings is 3. The summed E-state index contributed by atoms with van der Waals surface area (Å²) in [6.45, 7) is 0.472.